The standard InChI is InChI=1S/C24H29N3O2/c1-12-13(2)21(29)19-18(20(12)28)26-22-14-9-10-16(23(3,4)5)25-15(14)11-17(27(19)22)24(6,7)8/h9-11,28-29H,1-8H3. The number of pyridine rings is 2. The van der Waals surface area contributed by atoms with Crippen molar-refractivity contribution in [3.8, 4) is 11.5 Å². The van der Waals surface area contributed by atoms with Crippen LogP contribution in [-0.4, -0.2) is 24.6 Å². The van der Waals surface area contributed by atoms with E-state index in [-0.39, 0.29) is 22.3 Å². The fourth-order valence-electron chi connectivity index (χ4n) is 3.87. The van der Waals surface area contributed by atoms with E-state index in [0.717, 1.165) is 22.3 Å². The predicted molar refractivity (Wildman–Crippen MR) is 118 cm³/mol. The van der Waals surface area contributed by atoms with Gasteiger partial charge in [0.25, 0.3) is 0 Å². The molecule has 0 amide bonds. The SMILES string of the molecule is Cc1c(C)c(O)c2c(nc3c4ccc(C(C)(C)C)nc4cc(C(C)(C)C)n32)c1O. The second-order valence-electron chi connectivity index (χ2n) is 10.1. The van der Waals surface area contributed by atoms with Crippen LogP contribution in [0.3, 0.4) is 0 Å². The molecule has 5 nitrogen and oxygen atoms in total. The predicted octanol–water partition coefficient (Wildman–Crippen LogP) is 5.66. The molecular weight excluding hydrogens is 362 g/mol. The lowest BCUT2D eigenvalue weighted by Gasteiger charge is -2.23. The summed E-state index contributed by atoms with van der Waals surface area (Å²) in [6, 6.07) is 6.17. The molecule has 3 heterocycles. The summed E-state index contributed by atoms with van der Waals surface area (Å²) in [5.74, 6) is 0.276. The molecule has 0 fully saturated rings. The number of aromatic hydroxyl groups is 2. The summed E-state index contributed by atoms with van der Waals surface area (Å²) in [7, 11) is 0. The van der Waals surface area contributed by atoms with E-state index in [9.17, 15) is 10.2 Å². The fraction of sp³-hybridized carbons (Fsp3) is 0.417. The van der Waals surface area contributed by atoms with Crippen LogP contribution in [0.15, 0.2) is 18.2 Å². The van der Waals surface area contributed by atoms with E-state index in [2.05, 4.69) is 47.6 Å². The van der Waals surface area contributed by atoms with Gasteiger partial charge in [-0.1, -0.05) is 41.5 Å². The Bertz CT molecular complexity index is 1300. The van der Waals surface area contributed by atoms with E-state index in [1.807, 2.05) is 23.5 Å². The smallest absolute Gasteiger partial charge is 0.147 e. The highest BCUT2D eigenvalue weighted by atomic mass is 16.3. The highest BCUT2D eigenvalue weighted by molar-refractivity contribution is 6.01. The van der Waals surface area contributed by atoms with Crippen molar-refractivity contribution in [2.75, 3.05) is 0 Å². The molecule has 5 heteroatoms. The Morgan fingerprint density at radius 3 is 2.03 bits per heavy atom. The first kappa shape index (κ1) is 19.5. The van der Waals surface area contributed by atoms with Crippen LogP contribution in [-0.2, 0) is 10.8 Å². The molecule has 4 aromatic rings. The maximum Gasteiger partial charge on any atom is 0.147 e. The Morgan fingerprint density at radius 1 is 0.828 bits per heavy atom. The third-order valence-electron chi connectivity index (χ3n) is 5.82. The first-order valence-electron chi connectivity index (χ1n) is 10.0. The van der Waals surface area contributed by atoms with Crippen molar-refractivity contribution in [3.05, 3.63) is 40.7 Å². The minimum Gasteiger partial charge on any atom is -0.505 e. The lowest BCUT2D eigenvalue weighted by molar-refractivity contribution is 0.460. The summed E-state index contributed by atoms with van der Waals surface area (Å²) in [4.78, 5) is 9.73. The average molecular weight is 392 g/mol. The number of hydrogen-bond acceptors (Lipinski definition) is 4. The number of aromatic nitrogens is 3. The summed E-state index contributed by atoms with van der Waals surface area (Å²) in [5.41, 5.74) is 5.57. The van der Waals surface area contributed by atoms with Crippen LogP contribution in [0.1, 0.15) is 64.1 Å². The summed E-state index contributed by atoms with van der Waals surface area (Å²) in [6.45, 7) is 16.5. The van der Waals surface area contributed by atoms with E-state index in [0.29, 0.717) is 27.8 Å². The molecule has 152 valence electrons. The topological polar surface area (TPSA) is 70.7 Å². The molecule has 0 bridgehead atoms. The number of rotatable bonds is 0. The Morgan fingerprint density at radius 2 is 1.45 bits per heavy atom. The Kier molecular flexibility index (Phi) is 3.93. The summed E-state index contributed by atoms with van der Waals surface area (Å²) in [5, 5.41) is 22.7. The van der Waals surface area contributed by atoms with Crippen molar-refractivity contribution in [2.24, 2.45) is 0 Å². The zero-order valence-electron chi connectivity index (χ0n) is 18.5. The van der Waals surface area contributed by atoms with Crippen LogP contribution in [0.2, 0.25) is 0 Å². The number of hydrogen-bond donors (Lipinski definition) is 2. The number of phenols is 2. The molecule has 0 saturated heterocycles. The second-order valence-corrected chi connectivity index (χ2v) is 10.1. The molecule has 0 radical (unpaired) electrons. The Hall–Kier alpha value is -2.82. The lowest BCUT2D eigenvalue weighted by Crippen LogP contribution is -2.17. The molecule has 0 unspecified atom stereocenters. The van der Waals surface area contributed by atoms with Crippen LogP contribution < -0.4 is 0 Å². The number of fused-ring (bicyclic) bond motifs is 5. The van der Waals surface area contributed by atoms with Gasteiger partial charge in [-0.25, -0.2) is 4.98 Å². The highest BCUT2D eigenvalue weighted by Gasteiger charge is 2.27. The Balaban J connectivity index is 2.29. The molecule has 0 aliphatic carbocycles. The molecule has 4 rings (SSSR count). The quantitative estimate of drug-likeness (QED) is 0.380. The number of phenolic OH excluding ortho intramolecular Hbond substituents is 2. The van der Waals surface area contributed by atoms with Gasteiger partial charge in [-0.2, -0.15) is 0 Å². The number of benzene rings is 1. The van der Waals surface area contributed by atoms with Gasteiger partial charge in [0.1, 0.15) is 28.2 Å². The number of imidazole rings is 1. The van der Waals surface area contributed by atoms with E-state index in [1.165, 1.54) is 0 Å². The van der Waals surface area contributed by atoms with Crippen LogP contribution in [0.5, 0.6) is 11.5 Å². The zero-order valence-corrected chi connectivity index (χ0v) is 18.5. The van der Waals surface area contributed by atoms with E-state index in [4.69, 9.17) is 9.97 Å². The van der Waals surface area contributed by atoms with Gasteiger partial charge in [0.05, 0.1) is 5.52 Å². The monoisotopic (exact) mass is 391 g/mol. The van der Waals surface area contributed by atoms with Crippen LogP contribution in [0.25, 0.3) is 27.6 Å². The van der Waals surface area contributed by atoms with Crippen molar-refractivity contribution in [3.63, 3.8) is 0 Å². The molecule has 1 aromatic carbocycles. The van der Waals surface area contributed by atoms with Crippen molar-refractivity contribution in [1.82, 2.24) is 14.4 Å². The minimum absolute atomic E-state index is 0.0624. The van der Waals surface area contributed by atoms with Gasteiger partial charge in [-0.3, -0.25) is 9.38 Å². The fourth-order valence-corrected chi connectivity index (χ4v) is 3.87. The van der Waals surface area contributed by atoms with Gasteiger partial charge in [-0.05, 0) is 43.2 Å². The van der Waals surface area contributed by atoms with Gasteiger partial charge in [0.2, 0.25) is 0 Å². The third kappa shape index (κ3) is 2.75. The minimum atomic E-state index is -0.222. The van der Waals surface area contributed by atoms with Gasteiger partial charge in [0.15, 0.2) is 0 Å². The van der Waals surface area contributed by atoms with Crippen LogP contribution in [0, 0.1) is 13.8 Å². The summed E-state index contributed by atoms with van der Waals surface area (Å²) in [6.07, 6.45) is 0. The summed E-state index contributed by atoms with van der Waals surface area (Å²) < 4.78 is 1.98. The first-order chi connectivity index (χ1) is 13.3. The molecule has 0 aliphatic heterocycles. The van der Waals surface area contributed by atoms with Crippen molar-refractivity contribution < 1.29 is 10.2 Å². The third-order valence-corrected chi connectivity index (χ3v) is 5.82. The van der Waals surface area contributed by atoms with Crippen molar-refractivity contribution in [1.29, 1.82) is 0 Å². The Labute approximate surface area is 171 Å². The molecule has 29 heavy (non-hydrogen) atoms. The van der Waals surface area contributed by atoms with Crippen molar-refractivity contribution in [2.45, 2.75) is 66.2 Å². The zero-order chi connectivity index (χ0) is 21.5. The van der Waals surface area contributed by atoms with Crippen LogP contribution >= 0.6 is 0 Å². The molecule has 0 spiro atoms. The first-order valence-corrected chi connectivity index (χ1v) is 10.0. The van der Waals surface area contributed by atoms with E-state index < -0.39 is 0 Å². The molecule has 0 saturated carbocycles. The van der Waals surface area contributed by atoms with Gasteiger partial charge in [-0.15, -0.1) is 0 Å². The molecule has 0 atom stereocenters. The average Bonchev–Trinajstić information content (AvgIpc) is 3.02. The summed E-state index contributed by atoms with van der Waals surface area (Å²) >= 11 is 0. The van der Waals surface area contributed by atoms with Crippen molar-refractivity contribution >= 4 is 27.6 Å². The van der Waals surface area contributed by atoms with Crippen LogP contribution in [0.4, 0.5) is 0 Å². The largest absolute Gasteiger partial charge is 0.505 e. The van der Waals surface area contributed by atoms with Gasteiger partial charge < -0.3 is 10.2 Å². The van der Waals surface area contributed by atoms with E-state index in [1.54, 1.807) is 6.92 Å². The molecule has 2 N–H and O–H groups in total. The number of nitrogens with zero attached hydrogens (tertiary/aromatic N) is 3. The van der Waals surface area contributed by atoms with Gasteiger partial charge >= 0.3 is 0 Å². The van der Waals surface area contributed by atoms with E-state index >= 15 is 0 Å². The molecule has 3 aromatic heterocycles. The highest BCUT2D eigenvalue weighted by Crippen LogP contribution is 2.42. The molecular formula is C24H29N3O2. The lowest BCUT2D eigenvalue weighted by atomic mass is 9.89. The maximum absolute atomic E-state index is 11.0. The second kappa shape index (κ2) is 5.85. The maximum atomic E-state index is 11.0. The normalized spacial score (nSPS) is 13.1. The van der Waals surface area contributed by atoms with Gasteiger partial charge in [0, 0.05) is 27.6 Å². The molecule has 0 aliphatic rings.